The highest BCUT2D eigenvalue weighted by Gasteiger charge is 2.19. The van der Waals surface area contributed by atoms with Gasteiger partial charge in [0, 0.05) is 13.1 Å². The van der Waals surface area contributed by atoms with Crippen LogP contribution in [0.15, 0.2) is 18.2 Å². The first-order valence-electron chi connectivity index (χ1n) is 5.69. The number of hydrogen-bond donors (Lipinski definition) is 1. The van der Waals surface area contributed by atoms with Crippen molar-refractivity contribution in [3.8, 4) is 0 Å². The molecule has 1 heterocycles. The molecule has 1 aromatic carbocycles. The third-order valence-electron chi connectivity index (χ3n) is 3.29. The van der Waals surface area contributed by atoms with Crippen LogP contribution in [0, 0.1) is 0 Å². The fourth-order valence-corrected chi connectivity index (χ4v) is 2.36. The summed E-state index contributed by atoms with van der Waals surface area (Å²) in [5.74, 6) is 0. The van der Waals surface area contributed by atoms with Gasteiger partial charge in [0.2, 0.25) is 0 Å². The number of hydrogen-bond acceptors (Lipinski definition) is 3. The molecule has 1 atom stereocenters. The van der Waals surface area contributed by atoms with Crippen molar-refractivity contribution in [3.05, 3.63) is 34.9 Å². The Morgan fingerprint density at radius 3 is 2.62 bits per heavy atom. The highest BCUT2D eigenvalue weighted by atomic mass is 16.3. The second-order valence-corrected chi connectivity index (χ2v) is 4.86. The summed E-state index contributed by atoms with van der Waals surface area (Å²) in [6.07, 6.45) is 0. The van der Waals surface area contributed by atoms with Crippen molar-refractivity contribution in [2.45, 2.75) is 19.1 Å². The second kappa shape index (κ2) is 4.53. The Kier molecular flexibility index (Phi) is 3.28. The van der Waals surface area contributed by atoms with Gasteiger partial charge in [0.25, 0.3) is 0 Å². The number of aliphatic hydroxyl groups excluding tert-OH is 1. The molecule has 0 saturated heterocycles. The van der Waals surface area contributed by atoms with Gasteiger partial charge in [-0.3, -0.25) is 4.90 Å². The molecule has 2 rings (SSSR count). The molecular weight excluding hydrogens is 200 g/mol. The van der Waals surface area contributed by atoms with Crippen LogP contribution in [0.25, 0.3) is 0 Å². The number of benzene rings is 1. The number of likely N-dealkylation sites (N-methyl/N-ethyl adjacent to an activating group) is 1. The van der Waals surface area contributed by atoms with E-state index in [0.29, 0.717) is 0 Å². The molecule has 1 N–H and O–H groups in total. The molecule has 0 amide bonds. The van der Waals surface area contributed by atoms with Gasteiger partial charge in [-0.1, -0.05) is 18.2 Å². The number of fused-ring (bicyclic) bond motifs is 1. The predicted molar refractivity (Wildman–Crippen MR) is 65.1 cm³/mol. The summed E-state index contributed by atoms with van der Waals surface area (Å²) in [7, 11) is 6.13. The quantitative estimate of drug-likeness (QED) is 0.830. The van der Waals surface area contributed by atoms with Gasteiger partial charge < -0.3 is 10.0 Å². The monoisotopic (exact) mass is 220 g/mol. The lowest BCUT2D eigenvalue weighted by atomic mass is 10.0. The van der Waals surface area contributed by atoms with Crippen LogP contribution >= 0.6 is 0 Å². The lowest BCUT2D eigenvalue weighted by Gasteiger charge is -2.23. The molecule has 88 valence electrons. The Bertz CT molecular complexity index is 376. The molecule has 1 aliphatic heterocycles. The SMILES string of the molecule is CN1Cc2ccc(C(CO)N(C)C)cc2C1. The molecular formula is C13H20N2O. The average molecular weight is 220 g/mol. The zero-order valence-electron chi connectivity index (χ0n) is 10.3. The molecule has 1 unspecified atom stereocenters. The van der Waals surface area contributed by atoms with Crippen LogP contribution in [0.3, 0.4) is 0 Å². The van der Waals surface area contributed by atoms with Crippen molar-refractivity contribution in [1.82, 2.24) is 9.80 Å². The van der Waals surface area contributed by atoms with Crippen molar-refractivity contribution in [3.63, 3.8) is 0 Å². The van der Waals surface area contributed by atoms with Gasteiger partial charge in [0.05, 0.1) is 12.6 Å². The standard InChI is InChI=1S/C13H20N2O/c1-14(2)13(9-16)10-4-5-11-7-15(3)8-12(11)6-10/h4-6,13,16H,7-9H2,1-3H3. The van der Waals surface area contributed by atoms with Crippen LogP contribution in [0.2, 0.25) is 0 Å². The fraction of sp³-hybridized carbons (Fsp3) is 0.538. The molecule has 0 aliphatic carbocycles. The van der Waals surface area contributed by atoms with Crippen molar-refractivity contribution < 1.29 is 5.11 Å². The number of aliphatic hydroxyl groups is 1. The molecule has 0 radical (unpaired) electrons. The maximum Gasteiger partial charge on any atom is 0.0628 e. The molecule has 16 heavy (non-hydrogen) atoms. The molecule has 3 heteroatoms. The minimum Gasteiger partial charge on any atom is -0.394 e. The van der Waals surface area contributed by atoms with E-state index < -0.39 is 0 Å². The summed E-state index contributed by atoms with van der Waals surface area (Å²) in [6.45, 7) is 2.23. The van der Waals surface area contributed by atoms with Crippen LogP contribution in [0.1, 0.15) is 22.7 Å². The van der Waals surface area contributed by atoms with E-state index in [4.69, 9.17) is 0 Å². The maximum atomic E-state index is 9.40. The first kappa shape index (κ1) is 11.6. The van der Waals surface area contributed by atoms with Gasteiger partial charge in [0.1, 0.15) is 0 Å². The second-order valence-electron chi connectivity index (χ2n) is 4.86. The summed E-state index contributed by atoms with van der Waals surface area (Å²) in [6, 6.07) is 6.68. The normalized spacial score (nSPS) is 17.8. The summed E-state index contributed by atoms with van der Waals surface area (Å²) < 4.78 is 0. The summed E-state index contributed by atoms with van der Waals surface area (Å²) in [5, 5.41) is 9.40. The van der Waals surface area contributed by atoms with Crippen LogP contribution < -0.4 is 0 Å². The Labute approximate surface area is 97.3 Å². The number of rotatable bonds is 3. The van der Waals surface area contributed by atoms with E-state index in [2.05, 4.69) is 35.0 Å². The van der Waals surface area contributed by atoms with Gasteiger partial charge in [-0.05, 0) is 37.8 Å². The Morgan fingerprint density at radius 2 is 2.00 bits per heavy atom. The van der Waals surface area contributed by atoms with E-state index in [0.717, 1.165) is 13.1 Å². The van der Waals surface area contributed by atoms with Crippen molar-refractivity contribution in [2.24, 2.45) is 0 Å². The lowest BCUT2D eigenvalue weighted by Crippen LogP contribution is -2.23. The zero-order chi connectivity index (χ0) is 11.7. The van der Waals surface area contributed by atoms with Gasteiger partial charge in [-0.2, -0.15) is 0 Å². The summed E-state index contributed by atoms with van der Waals surface area (Å²) in [4.78, 5) is 4.36. The Morgan fingerprint density at radius 1 is 1.31 bits per heavy atom. The van der Waals surface area contributed by atoms with E-state index in [9.17, 15) is 5.11 Å². The molecule has 0 spiro atoms. The molecule has 0 fully saturated rings. The topological polar surface area (TPSA) is 26.7 Å². The van der Waals surface area contributed by atoms with E-state index in [1.807, 2.05) is 14.1 Å². The maximum absolute atomic E-state index is 9.40. The number of nitrogens with zero attached hydrogens (tertiary/aromatic N) is 2. The Hall–Kier alpha value is -0.900. The Balaban J connectivity index is 2.28. The largest absolute Gasteiger partial charge is 0.394 e. The fourth-order valence-electron chi connectivity index (χ4n) is 2.36. The van der Waals surface area contributed by atoms with E-state index in [1.54, 1.807) is 0 Å². The minimum atomic E-state index is 0.108. The van der Waals surface area contributed by atoms with Crippen LogP contribution in [-0.2, 0) is 13.1 Å². The first-order valence-corrected chi connectivity index (χ1v) is 5.69. The van der Waals surface area contributed by atoms with Crippen molar-refractivity contribution in [1.29, 1.82) is 0 Å². The van der Waals surface area contributed by atoms with Gasteiger partial charge >= 0.3 is 0 Å². The third-order valence-corrected chi connectivity index (χ3v) is 3.29. The summed E-state index contributed by atoms with van der Waals surface area (Å²) >= 11 is 0. The predicted octanol–water partition coefficient (Wildman–Crippen LogP) is 1.23. The van der Waals surface area contributed by atoms with E-state index in [1.165, 1.54) is 16.7 Å². The van der Waals surface area contributed by atoms with Crippen molar-refractivity contribution in [2.75, 3.05) is 27.7 Å². The molecule has 3 nitrogen and oxygen atoms in total. The van der Waals surface area contributed by atoms with E-state index in [-0.39, 0.29) is 12.6 Å². The van der Waals surface area contributed by atoms with Gasteiger partial charge in [-0.15, -0.1) is 0 Å². The van der Waals surface area contributed by atoms with Gasteiger partial charge in [0.15, 0.2) is 0 Å². The lowest BCUT2D eigenvalue weighted by molar-refractivity contribution is 0.171. The molecule has 0 aromatic heterocycles. The summed E-state index contributed by atoms with van der Waals surface area (Å²) in [5.41, 5.74) is 4.03. The molecule has 0 bridgehead atoms. The zero-order valence-corrected chi connectivity index (χ0v) is 10.3. The molecule has 1 aromatic rings. The van der Waals surface area contributed by atoms with Crippen LogP contribution in [0.5, 0.6) is 0 Å². The molecule has 0 saturated carbocycles. The minimum absolute atomic E-state index is 0.108. The van der Waals surface area contributed by atoms with Crippen LogP contribution in [0.4, 0.5) is 0 Å². The first-order chi connectivity index (χ1) is 7.61. The highest BCUT2D eigenvalue weighted by molar-refractivity contribution is 5.36. The van der Waals surface area contributed by atoms with Gasteiger partial charge in [-0.25, -0.2) is 0 Å². The van der Waals surface area contributed by atoms with E-state index >= 15 is 0 Å². The smallest absolute Gasteiger partial charge is 0.0628 e. The highest BCUT2D eigenvalue weighted by Crippen LogP contribution is 2.26. The third kappa shape index (κ3) is 2.12. The van der Waals surface area contributed by atoms with Crippen LogP contribution in [-0.4, -0.2) is 42.7 Å². The average Bonchev–Trinajstić information content (AvgIpc) is 2.57. The van der Waals surface area contributed by atoms with Crippen molar-refractivity contribution >= 4 is 0 Å². The molecule has 1 aliphatic rings.